The Balaban J connectivity index is 2.55. The van der Waals surface area contributed by atoms with Gasteiger partial charge in [0.25, 0.3) is 0 Å². The SMILES string of the molecule is Cc1cc(N)c(Cl)cc1NCCCS(C)(=O)=O. The molecule has 3 N–H and O–H groups in total. The highest BCUT2D eigenvalue weighted by atomic mass is 35.5. The van der Waals surface area contributed by atoms with Crippen LogP contribution in [0.1, 0.15) is 12.0 Å². The Morgan fingerprint density at radius 2 is 2.06 bits per heavy atom. The fraction of sp³-hybridized carbons (Fsp3) is 0.455. The third-order valence-corrected chi connectivity index (χ3v) is 3.71. The molecule has 0 aliphatic carbocycles. The van der Waals surface area contributed by atoms with E-state index in [0.717, 1.165) is 11.3 Å². The molecule has 96 valence electrons. The molecule has 0 heterocycles. The molecule has 0 unspecified atom stereocenters. The van der Waals surface area contributed by atoms with Crippen molar-refractivity contribution in [1.82, 2.24) is 0 Å². The Labute approximate surface area is 107 Å². The van der Waals surface area contributed by atoms with Crippen LogP contribution in [0.15, 0.2) is 12.1 Å². The number of anilines is 2. The maximum absolute atomic E-state index is 10.9. The smallest absolute Gasteiger partial charge is 0.147 e. The summed E-state index contributed by atoms with van der Waals surface area (Å²) in [4.78, 5) is 0. The van der Waals surface area contributed by atoms with E-state index < -0.39 is 9.84 Å². The standard InChI is InChI=1S/C11H17ClN2O2S/c1-8-6-10(13)9(12)7-11(8)14-4-3-5-17(2,15)16/h6-7,14H,3-5,13H2,1-2H3. The molecule has 17 heavy (non-hydrogen) atoms. The average Bonchev–Trinajstić information content (AvgIpc) is 2.18. The third kappa shape index (κ3) is 4.83. The molecule has 1 aromatic rings. The second-order valence-corrected chi connectivity index (χ2v) is 6.77. The summed E-state index contributed by atoms with van der Waals surface area (Å²) in [5.74, 6) is 0.182. The first-order chi connectivity index (χ1) is 7.79. The molecule has 0 saturated heterocycles. The molecule has 0 amide bonds. The summed E-state index contributed by atoms with van der Waals surface area (Å²) < 4.78 is 21.9. The van der Waals surface area contributed by atoms with E-state index in [4.69, 9.17) is 17.3 Å². The third-order valence-electron chi connectivity index (χ3n) is 2.35. The summed E-state index contributed by atoms with van der Waals surface area (Å²) >= 11 is 5.91. The number of aryl methyl sites for hydroxylation is 1. The van der Waals surface area contributed by atoms with Crippen molar-refractivity contribution in [3.05, 3.63) is 22.7 Å². The lowest BCUT2D eigenvalue weighted by atomic mass is 10.2. The first-order valence-electron chi connectivity index (χ1n) is 5.27. The molecule has 0 aliphatic rings. The van der Waals surface area contributed by atoms with E-state index in [1.54, 1.807) is 12.1 Å². The van der Waals surface area contributed by atoms with E-state index in [-0.39, 0.29) is 5.75 Å². The maximum Gasteiger partial charge on any atom is 0.147 e. The zero-order valence-corrected chi connectivity index (χ0v) is 11.5. The number of nitrogen functional groups attached to an aromatic ring is 1. The Morgan fingerprint density at radius 1 is 1.41 bits per heavy atom. The van der Waals surface area contributed by atoms with E-state index in [1.165, 1.54) is 6.26 Å². The second kappa shape index (κ2) is 5.60. The highest BCUT2D eigenvalue weighted by Crippen LogP contribution is 2.26. The molecule has 6 heteroatoms. The van der Waals surface area contributed by atoms with Gasteiger partial charge in [-0.2, -0.15) is 0 Å². The number of benzene rings is 1. The van der Waals surface area contributed by atoms with Crippen molar-refractivity contribution in [1.29, 1.82) is 0 Å². The normalized spacial score (nSPS) is 11.5. The molecule has 1 aromatic carbocycles. The Hall–Kier alpha value is -0.940. The van der Waals surface area contributed by atoms with Crippen LogP contribution in [-0.4, -0.2) is 27.0 Å². The van der Waals surface area contributed by atoms with E-state index in [0.29, 0.717) is 23.7 Å². The van der Waals surface area contributed by atoms with Crippen LogP contribution < -0.4 is 11.1 Å². The van der Waals surface area contributed by atoms with Gasteiger partial charge in [0.2, 0.25) is 0 Å². The highest BCUT2D eigenvalue weighted by molar-refractivity contribution is 7.90. The summed E-state index contributed by atoms with van der Waals surface area (Å²) in [7, 11) is -2.89. The fourth-order valence-electron chi connectivity index (χ4n) is 1.45. The molecule has 0 radical (unpaired) electrons. The number of hydrogen-bond donors (Lipinski definition) is 2. The topological polar surface area (TPSA) is 72.2 Å². The Bertz CT molecular complexity index is 500. The number of hydrogen-bond acceptors (Lipinski definition) is 4. The Kier molecular flexibility index (Phi) is 4.65. The van der Waals surface area contributed by atoms with E-state index in [1.807, 2.05) is 6.92 Å². The van der Waals surface area contributed by atoms with Crippen molar-refractivity contribution >= 4 is 32.8 Å². The minimum Gasteiger partial charge on any atom is -0.398 e. The van der Waals surface area contributed by atoms with Crippen LogP contribution >= 0.6 is 11.6 Å². The minimum absolute atomic E-state index is 0.182. The van der Waals surface area contributed by atoms with E-state index in [2.05, 4.69) is 5.32 Å². The largest absolute Gasteiger partial charge is 0.398 e. The number of rotatable bonds is 5. The van der Waals surface area contributed by atoms with Crippen LogP contribution in [0.25, 0.3) is 0 Å². The van der Waals surface area contributed by atoms with Crippen molar-refractivity contribution in [2.24, 2.45) is 0 Å². The molecule has 0 saturated carbocycles. The van der Waals surface area contributed by atoms with Gasteiger partial charge in [-0.3, -0.25) is 0 Å². The van der Waals surface area contributed by atoms with Gasteiger partial charge >= 0.3 is 0 Å². The predicted octanol–water partition coefficient (Wildman–Crippen LogP) is 2.08. The van der Waals surface area contributed by atoms with Gasteiger partial charge in [-0.1, -0.05) is 11.6 Å². The van der Waals surface area contributed by atoms with Gasteiger partial charge in [-0.05, 0) is 31.0 Å². The van der Waals surface area contributed by atoms with Crippen molar-refractivity contribution in [2.45, 2.75) is 13.3 Å². The second-order valence-electron chi connectivity index (χ2n) is 4.10. The van der Waals surface area contributed by atoms with Crippen molar-refractivity contribution in [2.75, 3.05) is 29.6 Å². The van der Waals surface area contributed by atoms with Gasteiger partial charge in [-0.15, -0.1) is 0 Å². The molecule has 4 nitrogen and oxygen atoms in total. The molecule has 0 fully saturated rings. The molecule has 0 bridgehead atoms. The zero-order chi connectivity index (χ0) is 13.1. The van der Waals surface area contributed by atoms with Gasteiger partial charge < -0.3 is 11.1 Å². The number of nitrogens with one attached hydrogen (secondary N) is 1. The van der Waals surface area contributed by atoms with Gasteiger partial charge in [0.05, 0.1) is 16.5 Å². The summed E-state index contributed by atoms with van der Waals surface area (Å²) in [6, 6.07) is 3.55. The van der Waals surface area contributed by atoms with Crippen LogP contribution in [0.2, 0.25) is 5.02 Å². The summed E-state index contributed by atoms with van der Waals surface area (Å²) in [6.45, 7) is 2.51. The molecule has 0 aliphatic heterocycles. The fourth-order valence-corrected chi connectivity index (χ4v) is 2.28. The first-order valence-corrected chi connectivity index (χ1v) is 7.70. The minimum atomic E-state index is -2.89. The molecular formula is C11H17ClN2O2S. The van der Waals surface area contributed by atoms with Crippen LogP contribution in [0.3, 0.4) is 0 Å². The van der Waals surface area contributed by atoms with Crippen LogP contribution in [0.5, 0.6) is 0 Å². The quantitative estimate of drug-likeness (QED) is 0.638. The average molecular weight is 277 g/mol. The molecule has 0 atom stereocenters. The van der Waals surface area contributed by atoms with Crippen molar-refractivity contribution < 1.29 is 8.42 Å². The van der Waals surface area contributed by atoms with Crippen molar-refractivity contribution in [3.63, 3.8) is 0 Å². The number of sulfone groups is 1. The number of halogens is 1. The first kappa shape index (κ1) is 14.1. The van der Waals surface area contributed by atoms with E-state index in [9.17, 15) is 8.42 Å². The zero-order valence-electron chi connectivity index (χ0n) is 9.96. The molecular weight excluding hydrogens is 260 g/mol. The summed E-state index contributed by atoms with van der Waals surface area (Å²) in [6.07, 6.45) is 1.80. The van der Waals surface area contributed by atoms with Gasteiger partial charge in [0.1, 0.15) is 9.84 Å². The van der Waals surface area contributed by atoms with Gasteiger partial charge in [0, 0.05) is 18.5 Å². The van der Waals surface area contributed by atoms with Crippen LogP contribution in [0.4, 0.5) is 11.4 Å². The van der Waals surface area contributed by atoms with E-state index >= 15 is 0 Å². The Morgan fingerprint density at radius 3 is 2.65 bits per heavy atom. The van der Waals surface area contributed by atoms with Crippen LogP contribution in [-0.2, 0) is 9.84 Å². The molecule has 0 spiro atoms. The van der Waals surface area contributed by atoms with Crippen LogP contribution in [0, 0.1) is 6.92 Å². The molecule has 0 aromatic heterocycles. The van der Waals surface area contributed by atoms with Gasteiger partial charge in [-0.25, -0.2) is 8.42 Å². The lowest BCUT2D eigenvalue weighted by Crippen LogP contribution is -2.10. The lowest BCUT2D eigenvalue weighted by molar-refractivity contribution is 0.600. The lowest BCUT2D eigenvalue weighted by Gasteiger charge is -2.11. The summed E-state index contributed by atoms with van der Waals surface area (Å²) in [5, 5.41) is 3.65. The summed E-state index contributed by atoms with van der Waals surface area (Å²) in [5.41, 5.74) is 8.09. The van der Waals surface area contributed by atoms with Gasteiger partial charge in [0.15, 0.2) is 0 Å². The predicted molar refractivity (Wildman–Crippen MR) is 73.4 cm³/mol. The highest BCUT2D eigenvalue weighted by Gasteiger charge is 2.04. The molecule has 1 rings (SSSR count). The number of nitrogens with two attached hydrogens (primary N) is 1. The maximum atomic E-state index is 10.9. The monoisotopic (exact) mass is 276 g/mol. The van der Waals surface area contributed by atoms with Crippen molar-refractivity contribution in [3.8, 4) is 0 Å².